The molecule has 5 nitrogen and oxygen atoms in total. The molecule has 1 fully saturated rings. The van der Waals surface area contributed by atoms with Crippen LogP contribution in [0.2, 0.25) is 0 Å². The Morgan fingerprint density at radius 1 is 0.906 bits per heavy atom. The Bertz CT molecular complexity index is 1270. The molecule has 2 aliphatic rings. The number of benzene rings is 3. The molecule has 0 atom stereocenters. The number of nitrogens with zero attached hydrogens (tertiary/aromatic N) is 3. The number of anilines is 2. The maximum Gasteiger partial charge on any atom is 0.228 e. The highest BCUT2D eigenvalue weighted by Gasteiger charge is 2.45. The van der Waals surface area contributed by atoms with Crippen LogP contribution in [0.1, 0.15) is 24.1 Å². The van der Waals surface area contributed by atoms with Crippen LogP contribution in [0, 0.1) is 0 Å². The van der Waals surface area contributed by atoms with Crippen molar-refractivity contribution in [3.8, 4) is 0 Å². The van der Waals surface area contributed by atoms with Gasteiger partial charge in [0.15, 0.2) is 5.58 Å². The number of hydrogen-bond donors (Lipinski definition) is 0. The quantitative estimate of drug-likeness (QED) is 0.461. The lowest BCUT2D eigenvalue weighted by Gasteiger charge is -2.40. The number of piperidine rings is 1. The molecule has 3 heterocycles. The van der Waals surface area contributed by atoms with Gasteiger partial charge in [-0.1, -0.05) is 53.7 Å². The lowest BCUT2D eigenvalue weighted by molar-refractivity contribution is -0.132. The lowest BCUT2D eigenvalue weighted by atomic mass is 9.74. The zero-order valence-corrected chi connectivity index (χ0v) is 17.9. The molecule has 160 valence electrons. The van der Waals surface area contributed by atoms with Crippen LogP contribution in [-0.4, -0.2) is 35.6 Å². The van der Waals surface area contributed by atoms with E-state index in [1.807, 2.05) is 29.2 Å². The summed E-state index contributed by atoms with van der Waals surface area (Å²) in [6.45, 7) is 2.50. The summed E-state index contributed by atoms with van der Waals surface area (Å²) < 4.78 is 5.38. The van der Waals surface area contributed by atoms with Crippen molar-refractivity contribution in [3.05, 3.63) is 90.1 Å². The molecule has 0 saturated carbocycles. The van der Waals surface area contributed by atoms with E-state index < -0.39 is 0 Å². The number of hydrogen-bond acceptors (Lipinski definition) is 4. The van der Waals surface area contributed by atoms with Gasteiger partial charge in [-0.2, -0.15) is 0 Å². The van der Waals surface area contributed by atoms with Gasteiger partial charge in [-0.15, -0.1) is 0 Å². The molecule has 6 rings (SSSR count). The van der Waals surface area contributed by atoms with E-state index in [1.165, 1.54) is 16.9 Å². The van der Waals surface area contributed by atoms with E-state index in [-0.39, 0.29) is 17.7 Å². The van der Waals surface area contributed by atoms with Gasteiger partial charge < -0.3 is 14.3 Å². The molecule has 0 aliphatic carbocycles. The van der Waals surface area contributed by atoms with Crippen LogP contribution in [0.4, 0.5) is 11.4 Å². The second-order valence-corrected chi connectivity index (χ2v) is 8.90. The molecule has 1 saturated heterocycles. The first kappa shape index (κ1) is 19.1. The summed E-state index contributed by atoms with van der Waals surface area (Å²) in [6, 6.07) is 27.1. The largest absolute Gasteiger partial charge is 0.356 e. The first-order valence-electron chi connectivity index (χ1n) is 11.3. The van der Waals surface area contributed by atoms with Gasteiger partial charge in [0.05, 0.1) is 6.42 Å². The Hall–Kier alpha value is -3.60. The average molecular weight is 424 g/mol. The summed E-state index contributed by atoms with van der Waals surface area (Å²) in [7, 11) is 0. The first-order valence-corrected chi connectivity index (χ1v) is 11.3. The monoisotopic (exact) mass is 423 g/mol. The van der Waals surface area contributed by atoms with Crippen molar-refractivity contribution in [2.75, 3.05) is 24.5 Å². The fourth-order valence-corrected chi connectivity index (χ4v) is 5.40. The third kappa shape index (κ3) is 3.08. The van der Waals surface area contributed by atoms with Crippen LogP contribution in [0.3, 0.4) is 0 Å². The van der Waals surface area contributed by atoms with Gasteiger partial charge in [0.2, 0.25) is 5.91 Å². The van der Waals surface area contributed by atoms with E-state index in [0.717, 1.165) is 49.1 Å². The smallest absolute Gasteiger partial charge is 0.228 e. The van der Waals surface area contributed by atoms with Crippen LogP contribution in [0.25, 0.3) is 11.0 Å². The van der Waals surface area contributed by atoms with Crippen molar-refractivity contribution >= 4 is 28.3 Å². The molecule has 5 heteroatoms. The number of aromatic nitrogens is 1. The van der Waals surface area contributed by atoms with E-state index in [9.17, 15) is 4.79 Å². The molecule has 0 unspecified atom stereocenters. The SMILES string of the molecule is O=C(Cc1noc2ccccc12)N1CCC2(CC1)CN(c1ccccc1)c1ccccc12. The van der Waals surface area contributed by atoms with Gasteiger partial charge in [0.25, 0.3) is 0 Å². The van der Waals surface area contributed by atoms with Gasteiger partial charge in [-0.3, -0.25) is 4.79 Å². The Balaban J connectivity index is 1.20. The summed E-state index contributed by atoms with van der Waals surface area (Å²) in [5.41, 5.74) is 5.49. The van der Waals surface area contributed by atoms with Gasteiger partial charge in [0.1, 0.15) is 5.69 Å². The summed E-state index contributed by atoms with van der Waals surface area (Å²) >= 11 is 0. The summed E-state index contributed by atoms with van der Waals surface area (Å²) in [6.07, 6.45) is 2.23. The van der Waals surface area contributed by atoms with Gasteiger partial charge >= 0.3 is 0 Å². The molecule has 2 aliphatic heterocycles. The molecular weight excluding hydrogens is 398 g/mol. The molecule has 0 N–H and O–H groups in total. The predicted octanol–water partition coefficient (Wildman–Crippen LogP) is 5.08. The number of likely N-dealkylation sites (tertiary alicyclic amines) is 1. The van der Waals surface area contributed by atoms with E-state index in [2.05, 4.69) is 64.7 Å². The van der Waals surface area contributed by atoms with Crippen molar-refractivity contribution in [1.82, 2.24) is 10.1 Å². The molecule has 1 spiro atoms. The summed E-state index contributed by atoms with van der Waals surface area (Å²) in [4.78, 5) is 17.5. The van der Waals surface area contributed by atoms with E-state index >= 15 is 0 Å². The van der Waals surface area contributed by atoms with Crippen molar-refractivity contribution < 1.29 is 9.32 Å². The summed E-state index contributed by atoms with van der Waals surface area (Å²) in [5.74, 6) is 0.130. The minimum absolute atomic E-state index is 0.0871. The molecular formula is C27H25N3O2. The number of carbonyl (C=O) groups is 1. The fourth-order valence-electron chi connectivity index (χ4n) is 5.40. The lowest BCUT2D eigenvalue weighted by Crippen LogP contribution is -2.47. The second kappa shape index (κ2) is 7.52. The maximum absolute atomic E-state index is 13.1. The van der Waals surface area contributed by atoms with Crippen LogP contribution < -0.4 is 4.90 Å². The van der Waals surface area contributed by atoms with Crippen molar-refractivity contribution in [1.29, 1.82) is 0 Å². The number of carbonyl (C=O) groups excluding carboxylic acids is 1. The van der Waals surface area contributed by atoms with Crippen molar-refractivity contribution in [3.63, 3.8) is 0 Å². The predicted molar refractivity (Wildman–Crippen MR) is 125 cm³/mol. The molecule has 3 aromatic carbocycles. The average Bonchev–Trinajstić information content (AvgIpc) is 3.40. The molecule has 0 radical (unpaired) electrons. The van der Waals surface area contributed by atoms with E-state index in [4.69, 9.17) is 4.52 Å². The minimum atomic E-state index is 0.0871. The van der Waals surface area contributed by atoms with Gasteiger partial charge in [-0.05, 0) is 48.7 Å². The van der Waals surface area contributed by atoms with Gasteiger partial charge in [-0.25, -0.2) is 0 Å². The van der Waals surface area contributed by atoms with Crippen LogP contribution >= 0.6 is 0 Å². The molecule has 32 heavy (non-hydrogen) atoms. The normalized spacial score (nSPS) is 17.1. The maximum atomic E-state index is 13.1. The third-order valence-corrected chi connectivity index (χ3v) is 7.14. The van der Waals surface area contributed by atoms with Gasteiger partial charge in [0, 0.05) is 41.8 Å². The number of para-hydroxylation sites is 3. The van der Waals surface area contributed by atoms with Crippen molar-refractivity contribution in [2.24, 2.45) is 0 Å². The molecule has 4 aromatic rings. The fraction of sp³-hybridized carbons (Fsp3) is 0.259. The molecule has 0 bridgehead atoms. The molecule has 1 aromatic heterocycles. The second-order valence-electron chi connectivity index (χ2n) is 8.90. The number of rotatable bonds is 3. The Morgan fingerprint density at radius 2 is 1.62 bits per heavy atom. The zero-order valence-electron chi connectivity index (χ0n) is 17.9. The van der Waals surface area contributed by atoms with Crippen molar-refractivity contribution in [2.45, 2.75) is 24.7 Å². The number of fused-ring (bicyclic) bond motifs is 3. The Labute approximate surface area is 187 Å². The van der Waals surface area contributed by atoms with Crippen LogP contribution in [0.15, 0.2) is 83.4 Å². The van der Waals surface area contributed by atoms with E-state index in [0.29, 0.717) is 0 Å². The topological polar surface area (TPSA) is 49.6 Å². The highest BCUT2D eigenvalue weighted by molar-refractivity contribution is 5.86. The first-order chi connectivity index (χ1) is 15.7. The zero-order chi connectivity index (χ0) is 21.5. The van der Waals surface area contributed by atoms with E-state index in [1.54, 1.807) is 0 Å². The highest BCUT2D eigenvalue weighted by Crippen LogP contribution is 2.49. The summed E-state index contributed by atoms with van der Waals surface area (Å²) in [5, 5.41) is 5.07. The van der Waals surface area contributed by atoms with Crippen LogP contribution in [-0.2, 0) is 16.6 Å². The number of amides is 1. The van der Waals surface area contributed by atoms with Crippen LogP contribution in [0.5, 0.6) is 0 Å². The Kier molecular flexibility index (Phi) is 4.49. The minimum Gasteiger partial charge on any atom is -0.356 e. The standard InChI is InChI=1S/C27H25N3O2/c31-26(18-23-21-10-4-7-13-25(21)32-28-23)29-16-14-27(15-17-29)19-30(20-8-2-1-3-9-20)24-12-6-5-11-22(24)27/h1-13H,14-19H2. The third-order valence-electron chi connectivity index (χ3n) is 7.14. The Morgan fingerprint density at radius 3 is 2.47 bits per heavy atom. The molecule has 1 amide bonds. The highest BCUT2D eigenvalue weighted by atomic mass is 16.5.